The second-order valence-electron chi connectivity index (χ2n) is 1.15. The van der Waals surface area contributed by atoms with E-state index in [0.717, 1.165) is 11.8 Å². The van der Waals surface area contributed by atoms with E-state index in [2.05, 4.69) is 0 Å². The minimum absolute atomic E-state index is 0.0257. The highest BCUT2D eigenvalue weighted by Crippen LogP contribution is 1.94. The molecule has 0 aliphatic rings. The highest BCUT2D eigenvalue weighted by atomic mass is 32.2. The molecular formula is C4H7O3S-. The van der Waals surface area contributed by atoms with E-state index in [1.807, 2.05) is 0 Å². The second-order valence-corrected chi connectivity index (χ2v) is 2.25. The van der Waals surface area contributed by atoms with Gasteiger partial charge in [-0.1, -0.05) is 0 Å². The van der Waals surface area contributed by atoms with Crippen LogP contribution in [-0.2, 0) is 4.79 Å². The molecule has 0 radical (unpaired) electrons. The first-order valence-corrected chi connectivity index (χ1v) is 3.31. The van der Waals surface area contributed by atoms with Crippen molar-refractivity contribution in [3.8, 4) is 0 Å². The van der Waals surface area contributed by atoms with Gasteiger partial charge in [-0.3, -0.25) is 0 Å². The maximum Gasteiger partial charge on any atom is 0.0521 e. The van der Waals surface area contributed by atoms with Crippen LogP contribution in [0.2, 0.25) is 0 Å². The third-order valence-corrected chi connectivity index (χ3v) is 1.37. The molecule has 8 heavy (non-hydrogen) atoms. The van der Waals surface area contributed by atoms with Gasteiger partial charge in [0.05, 0.1) is 12.6 Å². The lowest BCUT2D eigenvalue weighted by atomic mass is 10.8. The fraction of sp³-hybridized carbons (Fsp3) is 0.750. The Labute approximate surface area is 51.7 Å². The standard InChI is InChI=1S/C4H8O3S/c5-1-2-8-3-4(6)7/h5H,1-3H2,(H,6,7)/p-1. The number of carbonyl (C=O) groups excluding carboxylic acids is 1. The third kappa shape index (κ3) is 5.78. The first-order valence-electron chi connectivity index (χ1n) is 2.16. The fourth-order valence-corrected chi connectivity index (χ4v) is 0.660. The number of carbonyl (C=O) groups is 1. The average Bonchev–Trinajstić information content (AvgIpc) is 1.66. The minimum atomic E-state index is -1.08. The van der Waals surface area contributed by atoms with Crippen molar-refractivity contribution >= 4 is 17.7 Å². The predicted molar refractivity (Wildman–Crippen MR) is 29.4 cm³/mol. The Morgan fingerprint density at radius 3 is 2.75 bits per heavy atom. The van der Waals surface area contributed by atoms with Crippen LogP contribution < -0.4 is 5.11 Å². The summed E-state index contributed by atoms with van der Waals surface area (Å²) in [5, 5.41) is 17.8. The van der Waals surface area contributed by atoms with Crippen LogP contribution in [0.25, 0.3) is 0 Å². The van der Waals surface area contributed by atoms with Gasteiger partial charge in [-0.05, 0) is 0 Å². The maximum atomic E-state index is 9.66. The summed E-state index contributed by atoms with van der Waals surface area (Å²) in [6, 6.07) is 0. The third-order valence-electron chi connectivity index (χ3n) is 0.456. The number of aliphatic hydroxyl groups excluding tert-OH is 1. The van der Waals surface area contributed by atoms with Crippen LogP contribution in [-0.4, -0.2) is 29.2 Å². The van der Waals surface area contributed by atoms with Crippen molar-refractivity contribution in [3.05, 3.63) is 0 Å². The van der Waals surface area contributed by atoms with Gasteiger partial charge in [0.25, 0.3) is 0 Å². The summed E-state index contributed by atoms with van der Waals surface area (Å²) in [5.74, 6) is -0.641. The summed E-state index contributed by atoms with van der Waals surface area (Å²) >= 11 is 1.15. The number of rotatable bonds is 4. The van der Waals surface area contributed by atoms with Gasteiger partial charge in [0.1, 0.15) is 0 Å². The Kier molecular flexibility index (Phi) is 4.79. The molecule has 48 valence electrons. The number of carboxylic acid groups (broad SMARTS) is 1. The van der Waals surface area contributed by atoms with Crippen LogP contribution in [0.3, 0.4) is 0 Å². The van der Waals surface area contributed by atoms with E-state index in [9.17, 15) is 9.90 Å². The van der Waals surface area contributed by atoms with E-state index in [4.69, 9.17) is 5.11 Å². The second kappa shape index (κ2) is 4.93. The van der Waals surface area contributed by atoms with E-state index < -0.39 is 5.97 Å². The smallest absolute Gasteiger partial charge is 0.0521 e. The number of carboxylic acids is 1. The highest BCUT2D eigenvalue weighted by Gasteiger charge is 1.84. The van der Waals surface area contributed by atoms with Gasteiger partial charge >= 0.3 is 0 Å². The number of aliphatic hydroxyl groups is 1. The van der Waals surface area contributed by atoms with Crippen LogP contribution in [0.4, 0.5) is 0 Å². The molecular weight excluding hydrogens is 128 g/mol. The maximum absolute atomic E-state index is 9.66. The molecule has 0 saturated heterocycles. The van der Waals surface area contributed by atoms with Crippen LogP contribution in [0, 0.1) is 0 Å². The van der Waals surface area contributed by atoms with Crippen LogP contribution in [0.15, 0.2) is 0 Å². The molecule has 0 spiro atoms. The molecule has 0 aliphatic heterocycles. The van der Waals surface area contributed by atoms with Crippen molar-refractivity contribution in [2.75, 3.05) is 18.1 Å². The molecule has 0 bridgehead atoms. The summed E-state index contributed by atoms with van der Waals surface area (Å²) in [4.78, 5) is 9.66. The zero-order valence-corrected chi connectivity index (χ0v) is 5.11. The van der Waals surface area contributed by atoms with Gasteiger partial charge in [0.2, 0.25) is 0 Å². The SMILES string of the molecule is O=C([O-])CSCCO. The van der Waals surface area contributed by atoms with E-state index in [-0.39, 0.29) is 12.4 Å². The van der Waals surface area contributed by atoms with E-state index in [1.54, 1.807) is 0 Å². The number of aliphatic carboxylic acids is 1. The quantitative estimate of drug-likeness (QED) is 0.475. The largest absolute Gasteiger partial charge is 0.549 e. The molecule has 0 fully saturated rings. The summed E-state index contributed by atoms with van der Waals surface area (Å²) in [7, 11) is 0. The molecule has 0 atom stereocenters. The normalized spacial score (nSPS) is 9.12. The van der Waals surface area contributed by atoms with E-state index >= 15 is 0 Å². The molecule has 0 amide bonds. The summed E-state index contributed by atoms with van der Waals surface area (Å²) < 4.78 is 0. The van der Waals surface area contributed by atoms with Crippen LogP contribution in [0.5, 0.6) is 0 Å². The summed E-state index contributed by atoms with van der Waals surface area (Å²) in [6.07, 6.45) is 0. The Bertz CT molecular complexity index is 73.7. The first-order chi connectivity index (χ1) is 3.77. The lowest BCUT2D eigenvalue weighted by molar-refractivity contribution is -0.301. The van der Waals surface area contributed by atoms with Crippen molar-refractivity contribution < 1.29 is 15.0 Å². The van der Waals surface area contributed by atoms with Crippen molar-refractivity contribution in [2.24, 2.45) is 0 Å². The molecule has 0 rings (SSSR count). The zero-order valence-electron chi connectivity index (χ0n) is 4.29. The van der Waals surface area contributed by atoms with Crippen molar-refractivity contribution in [1.82, 2.24) is 0 Å². The molecule has 1 N–H and O–H groups in total. The van der Waals surface area contributed by atoms with Gasteiger partial charge < -0.3 is 15.0 Å². The molecule has 0 aliphatic carbocycles. The van der Waals surface area contributed by atoms with E-state index in [0.29, 0.717) is 5.75 Å². The Morgan fingerprint density at radius 1 is 1.75 bits per heavy atom. The van der Waals surface area contributed by atoms with Crippen molar-refractivity contribution in [3.63, 3.8) is 0 Å². The fourth-order valence-electron chi connectivity index (χ4n) is 0.220. The van der Waals surface area contributed by atoms with Crippen molar-refractivity contribution in [1.29, 1.82) is 0 Å². The molecule has 0 aromatic rings. The van der Waals surface area contributed by atoms with E-state index in [1.165, 1.54) is 0 Å². The predicted octanol–water partition coefficient (Wildman–Crippen LogP) is -1.54. The molecule has 4 heteroatoms. The molecule has 0 heterocycles. The molecule has 0 saturated carbocycles. The summed E-state index contributed by atoms with van der Waals surface area (Å²) in [6.45, 7) is 0.0257. The Morgan fingerprint density at radius 2 is 2.38 bits per heavy atom. The number of hydrogen-bond acceptors (Lipinski definition) is 4. The van der Waals surface area contributed by atoms with Gasteiger partial charge in [-0.15, -0.1) is 0 Å². The monoisotopic (exact) mass is 135 g/mol. The first kappa shape index (κ1) is 7.78. The summed E-state index contributed by atoms with van der Waals surface area (Å²) in [5.41, 5.74) is 0. The van der Waals surface area contributed by atoms with Gasteiger partial charge in [-0.2, -0.15) is 11.8 Å². The molecule has 0 aromatic heterocycles. The highest BCUT2D eigenvalue weighted by molar-refractivity contribution is 7.99. The number of thioether (sulfide) groups is 1. The number of hydrogen-bond donors (Lipinski definition) is 1. The Hall–Kier alpha value is -0.220. The lowest BCUT2D eigenvalue weighted by Gasteiger charge is -1.97. The van der Waals surface area contributed by atoms with Crippen LogP contribution in [0.1, 0.15) is 0 Å². The van der Waals surface area contributed by atoms with Crippen LogP contribution >= 0.6 is 11.8 Å². The minimum Gasteiger partial charge on any atom is -0.549 e. The van der Waals surface area contributed by atoms with Crippen molar-refractivity contribution in [2.45, 2.75) is 0 Å². The van der Waals surface area contributed by atoms with Gasteiger partial charge in [0, 0.05) is 11.5 Å². The molecule has 0 unspecified atom stereocenters. The Balaban J connectivity index is 2.82. The molecule has 0 aromatic carbocycles. The molecule has 3 nitrogen and oxygen atoms in total. The van der Waals surface area contributed by atoms with Gasteiger partial charge in [-0.25, -0.2) is 0 Å². The average molecular weight is 135 g/mol. The van der Waals surface area contributed by atoms with Gasteiger partial charge in [0.15, 0.2) is 0 Å². The topological polar surface area (TPSA) is 60.4 Å². The zero-order chi connectivity index (χ0) is 6.41. The lowest BCUT2D eigenvalue weighted by Crippen LogP contribution is -2.24.